The zero-order valence-corrected chi connectivity index (χ0v) is 11.8. The fourth-order valence-corrected chi connectivity index (χ4v) is 3.08. The number of hydrogen-bond donors (Lipinski definition) is 2. The lowest BCUT2D eigenvalue weighted by Crippen LogP contribution is -2.37. The van der Waals surface area contributed by atoms with Crippen molar-refractivity contribution in [3.8, 4) is 0 Å². The summed E-state index contributed by atoms with van der Waals surface area (Å²) in [6.45, 7) is 2.90. The van der Waals surface area contributed by atoms with E-state index in [2.05, 4.69) is 12.3 Å². The molecule has 1 saturated heterocycles. The van der Waals surface area contributed by atoms with Gasteiger partial charge in [0.1, 0.15) is 0 Å². The van der Waals surface area contributed by atoms with Crippen LogP contribution in [0.4, 0.5) is 0 Å². The van der Waals surface area contributed by atoms with Crippen LogP contribution >= 0.6 is 23.2 Å². The molecule has 3 unspecified atom stereocenters. The molecule has 0 aromatic heterocycles. The minimum atomic E-state index is -0.0244. The summed E-state index contributed by atoms with van der Waals surface area (Å²) in [5, 5.41) is 1.35. The Balaban J connectivity index is 2.30. The van der Waals surface area contributed by atoms with Crippen molar-refractivity contribution in [3.63, 3.8) is 0 Å². The van der Waals surface area contributed by atoms with Gasteiger partial charge in [-0.2, -0.15) is 0 Å². The van der Waals surface area contributed by atoms with Crippen LogP contribution < -0.4 is 11.3 Å². The highest BCUT2D eigenvalue weighted by atomic mass is 35.5. The fraction of sp³-hybridized carbons (Fsp3) is 0.538. The first-order valence-corrected chi connectivity index (χ1v) is 6.95. The molecule has 0 spiro atoms. The second-order valence-electron chi connectivity index (χ2n) is 4.58. The topological polar surface area (TPSA) is 47.3 Å². The molecule has 1 heterocycles. The van der Waals surface area contributed by atoms with Gasteiger partial charge in [0.25, 0.3) is 0 Å². The molecular formula is C13H18Cl2N2O. The molecule has 2 rings (SSSR count). The van der Waals surface area contributed by atoms with E-state index in [9.17, 15) is 0 Å². The average Bonchev–Trinajstić information content (AvgIpc) is 2.83. The van der Waals surface area contributed by atoms with Gasteiger partial charge in [0.05, 0.1) is 12.1 Å². The lowest BCUT2D eigenvalue weighted by Gasteiger charge is -2.27. The third-order valence-corrected chi connectivity index (χ3v) is 4.14. The molecule has 0 aliphatic carbocycles. The van der Waals surface area contributed by atoms with Crippen LogP contribution in [-0.2, 0) is 4.74 Å². The normalized spacial score (nSPS) is 25.3. The van der Waals surface area contributed by atoms with Crippen molar-refractivity contribution in [2.75, 3.05) is 6.61 Å². The zero-order chi connectivity index (χ0) is 13.1. The maximum atomic E-state index is 6.24. The molecular weight excluding hydrogens is 271 g/mol. The number of ether oxygens (including phenoxy) is 1. The Kier molecular flexibility index (Phi) is 4.87. The van der Waals surface area contributed by atoms with Crippen LogP contribution in [0.1, 0.15) is 31.4 Å². The molecule has 3 N–H and O–H groups in total. The van der Waals surface area contributed by atoms with E-state index in [-0.39, 0.29) is 12.1 Å². The molecule has 0 bridgehead atoms. The lowest BCUT2D eigenvalue weighted by molar-refractivity contribution is 0.0774. The smallest absolute Gasteiger partial charge is 0.0620 e. The Morgan fingerprint density at radius 2 is 2.28 bits per heavy atom. The molecule has 0 radical (unpaired) electrons. The number of halogens is 2. The summed E-state index contributed by atoms with van der Waals surface area (Å²) in [7, 11) is 0. The van der Waals surface area contributed by atoms with E-state index in [1.165, 1.54) is 0 Å². The minimum Gasteiger partial charge on any atom is -0.378 e. The van der Waals surface area contributed by atoms with Crippen molar-refractivity contribution in [1.29, 1.82) is 0 Å². The molecule has 1 aliphatic heterocycles. The van der Waals surface area contributed by atoms with Crippen molar-refractivity contribution in [2.45, 2.75) is 31.9 Å². The Morgan fingerprint density at radius 3 is 2.94 bits per heavy atom. The highest BCUT2D eigenvalue weighted by Gasteiger charge is 2.34. The quantitative estimate of drug-likeness (QED) is 0.660. The van der Waals surface area contributed by atoms with Gasteiger partial charge in [-0.15, -0.1) is 0 Å². The molecule has 1 fully saturated rings. The van der Waals surface area contributed by atoms with Gasteiger partial charge in [-0.3, -0.25) is 11.3 Å². The molecule has 100 valence electrons. The monoisotopic (exact) mass is 288 g/mol. The first kappa shape index (κ1) is 14.1. The van der Waals surface area contributed by atoms with E-state index in [4.69, 9.17) is 33.8 Å². The molecule has 1 aliphatic rings. The van der Waals surface area contributed by atoms with Crippen molar-refractivity contribution >= 4 is 23.2 Å². The van der Waals surface area contributed by atoms with E-state index in [1.54, 1.807) is 12.1 Å². The molecule has 5 heteroatoms. The third kappa shape index (κ3) is 2.81. The second kappa shape index (κ2) is 6.22. The highest BCUT2D eigenvalue weighted by Crippen LogP contribution is 2.37. The van der Waals surface area contributed by atoms with Crippen molar-refractivity contribution < 1.29 is 4.74 Å². The standard InChI is InChI=1S/C13H18Cl2N2O/c1-2-12-9(5-6-18-12)13(17-16)10-7-8(14)3-4-11(10)15/h3-4,7,9,12-13,17H,2,5-6,16H2,1H3. The predicted molar refractivity (Wildman–Crippen MR) is 74.7 cm³/mol. The van der Waals surface area contributed by atoms with Crippen LogP contribution in [0.2, 0.25) is 10.0 Å². The maximum Gasteiger partial charge on any atom is 0.0620 e. The number of hydrazine groups is 1. The van der Waals surface area contributed by atoms with Gasteiger partial charge in [-0.1, -0.05) is 30.1 Å². The molecule has 3 nitrogen and oxygen atoms in total. The first-order chi connectivity index (χ1) is 8.67. The Hall–Kier alpha value is -0.320. The van der Waals surface area contributed by atoms with Gasteiger partial charge in [-0.25, -0.2) is 0 Å². The SMILES string of the molecule is CCC1OCCC1C(NN)c1cc(Cl)ccc1Cl. The molecule has 0 saturated carbocycles. The van der Waals surface area contributed by atoms with Crippen LogP contribution in [0.15, 0.2) is 18.2 Å². The van der Waals surface area contributed by atoms with E-state index >= 15 is 0 Å². The van der Waals surface area contributed by atoms with Gasteiger partial charge in [0.2, 0.25) is 0 Å². The van der Waals surface area contributed by atoms with Crippen LogP contribution in [0, 0.1) is 5.92 Å². The summed E-state index contributed by atoms with van der Waals surface area (Å²) in [6.07, 6.45) is 2.18. The van der Waals surface area contributed by atoms with E-state index in [0.717, 1.165) is 25.0 Å². The summed E-state index contributed by atoms with van der Waals surface area (Å²) in [4.78, 5) is 0. The van der Waals surface area contributed by atoms with Crippen LogP contribution in [0.3, 0.4) is 0 Å². The van der Waals surface area contributed by atoms with Gasteiger partial charge >= 0.3 is 0 Å². The Labute approximate surface area is 118 Å². The van der Waals surface area contributed by atoms with Gasteiger partial charge in [0, 0.05) is 22.6 Å². The Morgan fingerprint density at radius 1 is 1.50 bits per heavy atom. The fourth-order valence-electron chi connectivity index (χ4n) is 2.66. The van der Waals surface area contributed by atoms with Crippen molar-refractivity contribution in [2.24, 2.45) is 11.8 Å². The van der Waals surface area contributed by atoms with Gasteiger partial charge in [-0.05, 0) is 36.6 Å². The van der Waals surface area contributed by atoms with Crippen molar-refractivity contribution in [1.82, 2.24) is 5.43 Å². The largest absolute Gasteiger partial charge is 0.378 e. The molecule has 1 aromatic rings. The molecule has 18 heavy (non-hydrogen) atoms. The predicted octanol–water partition coefficient (Wildman–Crippen LogP) is 3.31. The summed E-state index contributed by atoms with van der Waals surface area (Å²) >= 11 is 12.3. The molecule has 0 amide bonds. The number of rotatable bonds is 4. The number of nitrogens with one attached hydrogen (secondary N) is 1. The second-order valence-corrected chi connectivity index (χ2v) is 5.42. The Bertz CT molecular complexity index is 414. The number of benzene rings is 1. The van der Waals surface area contributed by atoms with Crippen LogP contribution in [0.25, 0.3) is 0 Å². The van der Waals surface area contributed by atoms with Crippen molar-refractivity contribution in [3.05, 3.63) is 33.8 Å². The van der Waals surface area contributed by atoms with E-state index in [0.29, 0.717) is 16.0 Å². The summed E-state index contributed by atoms with van der Waals surface area (Å²) in [5.41, 5.74) is 3.81. The molecule has 1 aromatic carbocycles. The summed E-state index contributed by atoms with van der Waals surface area (Å²) in [6, 6.07) is 5.44. The van der Waals surface area contributed by atoms with Crippen LogP contribution in [0.5, 0.6) is 0 Å². The zero-order valence-electron chi connectivity index (χ0n) is 10.3. The van der Waals surface area contributed by atoms with Gasteiger partial charge in [0.15, 0.2) is 0 Å². The third-order valence-electron chi connectivity index (χ3n) is 3.56. The first-order valence-electron chi connectivity index (χ1n) is 6.20. The molecule has 3 atom stereocenters. The lowest BCUT2D eigenvalue weighted by atomic mass is 9.87. The van der Waals surface area contributed by atoms with E-state index < -0.39 is 0 Å². The summed E-state index contributed by atoms with van der Waals surface area (Å²) in [5.74, 6) is 6.04. The maximum absolute atomic E-state index is 6.24. The van der Waals surface area contributed by atoms with Crippen LogP contribution in [-0.4, -0.2) is 12.7 Å². The number of nitrogens with two attached hydrogens (primary N) is 1. The number of hydrogen-bond acceptors (Lipinski definition) is 3. The highest BCUT2D eigenvalue weighted by molar-refractivity contribution is 6.33. The average molecular weight is 289 g/mol. The minimum absolute atomic E-state index is 0.0244. The summed E-state index contributed by atoms with van der Waals surface area (Å²) < 4.78 is 5.72. The van der Waals surface area contributed by atoms with E-state index in [1.807, 2.05) is 6.07 Å². The van der Waals surface area contributed by atoms with Gasteiger partial charge < -0.3 is 4.74 Å².